The quantitative estimate of drug-likeness (QED) is 0.484. The van der Waals surface area contributed by atoms with Gasteiger partial charge in [0.15, 0.2) is 5.69 Å². The third-order valence-electron chi connectivity index (χ3n) is 6.55. The number of nitrogens with zero attached hydrogens (tertiary/aromatic N) is 3. The number of carbonyl (C=O) groups excluding carboxylic acids is 1. The normalized spacial score (nSPS) is 18.1. The van der Waals surface area contributed by atoms with Gasteiger partial charge in [-0.15, -0.1) is 0 Å². The minimum Gasteiger partial charge on any atom is -0.493 e. The molecule has 5 rings (SSSR count). The van der Waals surface area contributed by atoms with Gasteiger partial charge in [0, 0.05) is 24.8 Å². The van der Waals surface area contributed by atoms with E-state index in [9.17, 15) is 4.79 Å². The lowest BCUT2D eigenvalue weighted by Gasteiger charge is -2.20. The number of aromatic amines is 1. The number of rotatable bonds is 9. The molecule has 3 aromatic rings. The number of hydrogen-bond donors (Lipinski definition) is 2. The average Bonchev–Trinajstić information content (AvgIpc) is 3.38. The first-order valence-electron chi connectivity index (χ1n) is 12.1. The van der Waals surface area contributed by atoms with E-state index < -0.39 is 0 Å². The highest BCUT2D eigenvalue weighted by Gasteiger charge is 2.25. The Balaban J connectivity index is 1.11. The van der Waals surface area contributed by atoms with E-state index in [0.29, 0.717) is 0 Å². The van der Waals surface area contributed by atoms with Crippen LogP contribution in [-0.4, -0.2) is 41.9 Å². The number of carbonyl (C=O) groups is 1. The van der Waals surface area contributed by atoms with Crippen molar-refractivity contribution < 1.29 is 14.3 Å². The Kier molecular flexibility index (Phi) is 6.57. The molecule has 0 radical (unpaired) electrons. The van der Waals surface area contributed by atoms with Crippen molar-refractivity contribution in [3.63, 3.8) is 0 Å². The lowest BCUT2D eigenvalue weighted by molar-refractivity contribution is 0.0939. The molecule has 2 heterocycles. The number of H-pyrrole nitrogens is 1. The molecule has 1 amide bonds. The van der Waals surface area contributed by atoms with Crippen LogP contribution in [0.5, 0.6) is 11.5 Å². The third kappa shape index (κ3) is 5.57. The standard InChI is InChI=1S/C27H29N5O3/c1-18(30-27(33)25-15-29-31-26(25)14-28)20-4-8-23(9-5-20)35-24-12-13-32(16-24)21-6-10-22(11-7-21)34-17-19-2-3-19/h4-11,15,18-19,24H,2-3,12-13,16-17H2,1H3,(H,29,31)(H,30,33)/t18-,24+/m0/s1. The zero-order valence-electron chi connectivity index (χ0n) is 19.7. The highest BCUT2D eigenvalue weighted by atomic mass is 16.5. The van der Waals surface area contributed by atoms with Crippen molar-refractivity contribution in [3.8, 4) is 17.6 Å². The minimum absolute atomic E-state index is 0.0851. The molecular formula is C27H29N5O3. The number of ether oxygens (including phenoxy) is 2. The number of anilines is 1. The molecule has 0 bridgehead atoms. The number of aromatic nitrogens is 2. The highest BCUT2D eigenvalue weighted by Crippen LogP contribution is 2.30. The van der Waals surface area contributed by atoms with Gasteiger partial charge in [-0.05, 0) is 67.6 Å². The summed E-state index contributed by atoms with van der Waals surface area (Å²) >= 11 is 0. The zero-order valence-corrected chi connectivity index (χ0v) is 19.7. The van der Waals surface area contributed by atoms with E-state index >= 15 is 0 Å². The van der Waals surface area contributed by atoms with Crippen LogP contribution >= 0.6 is 0 Å². The number of nitriles is 1. The number of nitrogens with one attached hydrogen (secondary N) is 2. The van der Waals surface area contributed by atoms with Gasteiger partial charge in [-0.2, -0.15) is 10.4 Å². The molecule has 2 atom stereocenters. The SMILES string of the molecule is C[C@H](NC(=O)c1c[nH]nc1C#N)c1ccc(O[C@@H]2CCN(c3ccc(OCC4CC4)cc3)C2)cc1. The second-order valence-electron chi connectivity index (χ2n) is 9.25. The van der Waals surface area contributed by atoms with Crippen molar-refractivity contribution in [1.29, 1.82) is 5.26 Å². The maximum atomic E-state index is 12.4. The number of amides is 1. The van der Waals surface area contributed by atoms with Crippen LogP contribution in [0.25, 0.3) is 0 Å². The van der Waals surface area contributed by atoms with Gasteiger partial charge in [0.05, 0.1) is 24.8 Å². The molecule has 1 aliphatic heterocycles. The molecule has 0 spiro atoms. The van der Waals surface area contributed by atoms with Gasteiger partial charge in [0.1, 0.15) is 23.7 Å². The maximum Gasteiger partial charge on any atom is 0.256 e. The van der Waals surface area contributed by atoms with Crippen LogP contribution in [-0.2, 0) is 0 Å². The van der Waals surface area contributed by atoms with Gasteiger partial charge in [-0.3, -0.25) is 9.89 Å². The predicted octanol–water partition coefficient (Wildman–Crippen LogP) is 4.22. The molecular weight excluding hydrogens is 442 g/mol. The van der Waals surface area contributed by atoms with Crippen LogP contribution in [0.2, 0.25) is 0 Å². The monoisotopic (exact) mass is 471 g/mol. The third-order valence-corrected chi connectivity index (χ3v) is 6.55. The first-order valence-corrected chi connectivity index (χ1v) is 12.1. The average molecular weight is 472 g/mol. The smallest absolute Gasteiger partial charge is 0.256 e. The van der Waals surface area contributed by atoms with Crippen LogP contribution in [0, 0.1) is 17.2 Å². The van der Waals surface area contributed by atoms with Crippen molar-refractivity contribution in [2.45, 2.75) is 38.3 Å². The molecule has 8 nitrogen and oxygen atoms in total. The Morgan fingerprint density at radius 1 is 1.17 bits per heavy atom. The van der Waals surface area contributed by atoms with Crippen molar-refractivity contribution in [1.82, 2.24) is 15.5 Å². The number of hydrogen-bond acceptors (Lipinski definition) is 6. The summed E-state index contributed by atoms with van der Waals surface area (Å²) in [5.74, 6) is 2.16. The summed E-state index contributed by atoms with van der Waals surface area (Å²) in [6.07, 6.45) is 5.10. The molecule has 180 valence electrons. The van der Waals surface area contributed by atoms with E-state index in [0.717, 1.165) is 49.1 Å². The van der Waals surface area contributed by atoms with Crippen molar-refractivity contribution >= 4 is 11.6 Å². The lowest BCUT2D eigenvalue weighted by Crippen LogP contribution is -2.27. The second kappa shape index (κ2) is 10.1. The Morgan fingerprint density at radius 2 is 1.91 bits per heavy atom. The van der Waals surface area contributed by atoms with E-state index in [2.05, 4.69) is 44.7 Å². The van der Waals surface area contributed by atoms with Gasteiger partial charge in [0.2, 0.25) is 0 Å². The van der Waals surface area contributed by atoms with E-state index in [1.54, 1.807) is 0 Å². The van der Waals surface area contributed by atoms with Crippen molar-refractivity contribution in [2.24, 2.45) is 5.92 Å². The fraction of sp³-hybridized carbons (Fsp3) is 0.370. The van der Waals surface area contributed by atoms with E-state index in [-0.39, 0.29) is 29.3 Å². The molecule has 8 heteroatoms. The molecule has 2 aliphatic rings. The fourth-order valence-electron chi connectivity index (χ4n) is 4.24. The fourth-order valence-corrected chi connectivity index (χ4v) is 4.24. The minimum atomic E-state index is -0.336. The Labute approximate surface area is 204 Å². The molecule has 2 fully saturated rings. The van der Waals surface area contributed by atoms with Crippen LogP contribution < -0.4 is 19.7 Å². The summed E-state index contributed by atoms with van der Waals surface area (Å²) in [4.78, 5) is 14.8. The molecule has 1 saturated carbocycles. The summed E-state index contributed by atoms with van der Waals surface area (Å²) in [6, 6.07) is 17.8. The van der Waals surface area contributed by atoms with E-state index in [4.69, 9.17) is 14.7 Å². The molecule has 1 aromatic heterocycles. The molecule has 2 N–H and O–H groups in total. The summed E-state index contributed by atoms with van der Waals surface area (Å²) in [5, 5.41) is 18.3. The lowest BCUT2D eigenvalue weighted by atomic mass is 10.1. The second-order valence-corrected chi connectivity index (χ2v) is 9.25. The Bertz CT molecular complexity index is 1190. The van der Waals surface area contributed by atoms with Gasteiger partial charge < -0.3 is 19.7 Å². The Morgan fingerprint density at radius 3 is 2.63 bits per heavy atom. The first kappa shape index (κ1) is 22.8. The molecule has 0 unspecified atom stereocenters. The van der Waals surface area contributed by atoms with E-state index in [1.165, 1.54) is 24.7 Å². The van der Waals surface area contributed by atoms with Crippen LogP contribution in [0.3, 0.4) is 0 Å². The molecule has 35 heavy (non-hydrogen) atoms. The van der Waals surface area contributed by atoms with Crippen LogP contribution in [0.1, 0.15) is 53.8 Å². The van der Waals surface area contributed by atoms with Crippen LogP contribution in [0.15, 0.2) is 54.7 Å². The van der Waals surface area contributed by atoms with Gasteiger partial charge in [-0.25, -0.2) is 0 Å². The molecule has 1 aliphatic carbocycles. The van der Waals surface area contributed by atoms with Gasteiger partial charge >= 0.3 is 0 Å². The zero-order chi connectivity index (χ0) is 24.2. The van der Waals surface area contributed by atoms with E-state index in [1.807, 2.05) is 37.3 Å². The summed E-state index contributed by atoms with van der Waals surface area (Å²) < 4.78 is 12.1. The number of benzene rings is 2. The van der Waals surface area contributed by atoms with Gasteiger partial charge in [-0.1, -0.05) is 12.1 Å². The van der Waals surface area contributed by atoms with Crippen molar-refractivity contribution in [2.75, 3.05) is 24.6 Å². The van der Waals surface area contributed by atoms with Gasteiger partial charge in [0.25, 0.3) is 5.91 Å². The predicted molar refractivity (Wildman–Crippen MR) is 132 cm³/mol. The topological polar surface area (TPSA) is 103 Å². The molecule has 2 aromatic carbocycles. The van der Waals surface area contributed by atoms with Crippen molar-refractivity contribution in [3.05, 3.63) is 71.5 Å². The molecule has 1 saturated heterocycles. The summed E-state index contributed by atoms with van der Waals surface area (Å²) in [5.41, 5.74) is 2.46. The largest absolute Gasteiger partial charge is 0.493 e. The highest BCUT2D eigenvalue weighted by molar-refractivity contribution is 5.96. The van der Waals surface area contributed by atoms with Crippen LogP contribution in [0.4, 0.5) is 5.69 Å². The maximum absolute atomic E-state index is 12.4. The summed E-state index contributed by atoms with van der Waals surface area (Å²) in [6.45, 7) is 4.52. The first-order chi connectivity index (χ1) is 17.1. The Hall–Kier alpha value is -3.99. The summed E-state index contributed by atoms with van der Waals surface area (Å²) in [7, 11) is 0.